The first-order valence-electron chi connectivity index (χ1n) is 6.54. The van der Waals surface area contributed by atoms with Gasteiger partial charge in [0.05, 0.1) is 5.56 Å². The number of rotatable bonds is 5. The predicted octanol–water partition coefficient (Wildman–Crippen LogP) is 1.62. The number of likely N-dealkylation sites (N-methyl/N-ethyl adjacent to an activating group) is 1. The first-order chi connectivity index (χ1) is 8.99. The third kappa shape index (κ3) is 3.44. The van der Waals surface area contributed by atoms with Gasteiger partial charge in [-0.05, 0) is 45.0 Å². The third-order valence-electron chi connectivity index (χ3n) is 3.61. The highest BCUT2D eigenvalue weighted by Gasteiger charge is 2.29. The van der Waals surface area contributed by atoms with E-state index in [2.05, 4.69) is 24.2 Å². The highest BCUT2D eigenvalue weighted by atomic mass is 19.1. The van der Waals surface area contributed by atoms with Gasteiger partial charge in [-0.25, -0.2) is 4.39 Å². The number of hydrogen-bond acceptors (Lipinski definition) is 3. The Labute approximate surface area is 112 Å². The lowest BCUT2D eigenvalue weighted by atomic mass is 10.1. The number of nitrogen functional groups attached to an aromatic ring is 1. The molecule has 1 saturated carbocycles. The lowest BCUT2D eigenvalue weighted by Crippen LogP contribution is -2.41. The van der Waals surface area contributed by atoms with Crippen molar-refractivity contribution in [3.63, 3.8) is 0 Å². The highest BCUT2D eigenvalue weighted by molar-refractivity contribution is 5.94. The van der Waals surface area contributed by atoms with Crippen molar-refractivity contribution in [2.45, 2.75) is 31.8 Å². The number of nitrogens with two attached hydrogens (primary N) is 1. The maximum Gasteiger partial charge on any atom is 0.254 e. The van der Waals surface area contributed by atoms with Crippen molar-refractivity contribution in [3.8, 4) is 0 Å². The van der Waals surface area contributed by atoms with Gasteiger partial charge >= 0.3 is 0 Å². The Morgan fingerprint density at radius 2 is 2.26 bits per heavy atom. The summed E-state index contributed by atoms with van der Waals surface area (Å²) in [7, 11) is 2.05. The quantitative estimate of drug-likeness (QED) is 0.795. The molecule has 3 N–H and O–H groups in total. The molecule has 1 unspecified atom stereocenters. The molecule has 1 fully saturated rings. The Hall–Kier alpha value is -1.62. The van der Waals surface area contributed by atoms with E-state index in [0.29, 0.717) is 18.3 Å². The zero-order chi connectivity index (χ0) is 14.0. The molecule has 1 aromatic rings. The summed E-state index contributed by atoms with van der Waals surface area (Å²) in [6.45, 7) is 2.56. The van der Waals surface area contributed by atoms with Crippen LogP contribution in [0.15, 0.2) is 18.2 Å². The van der Waals surface area contributed by atoms with E-state index in [1.807, 2.05) is 0 Å². The monoisotopic (exact) mass is 265 g/mol. The molecule has 0 spiro atoms. The molecule has 19 heavy (non-hydrogen) atoms. The average Bonchev–Trinajstić information content (AvgIpc) is 3.18. The molecule has 104 valence electrons. The fourth-order valence-corrected chi connectivity index (χ4v) is 2.04. The summed E-state index contributed by atoms with van der Waals surface area (Å²) < 4.78 is 13.6. The molecule has 0 aromatic heterocycles. The molecular weight excluding hydrogens is 245 g/mol. The molecule has 4 nitrogen and oxygen atoms in total. The molecule has 1 amide bonds. The molecule has 0 bridgehead atoms. The number of nitrogens with zero attached hydrogens (tertiary/aromatic N) is 1. The summed E-state index contributed by atoms with van der Waals surface area (Å²) in [6.07, 6.45) is 2.45. The summed E-state index contributed by atoms with van der Waals surface area (Å²) >= 11 is 0. The van der Waals surface area contributed by atoms with Crippen molar-refractivity contribution in [1.29, 1.82) is 0 Å². The second-order valence-electron chi connectivity index (χ2n) is 5.19. The zero-order valence-corrected chi connectivity index (χ0v) is 11.3. The minimum atomic E-state index is -0.583. The van der Waals surface area contributed by atoms with Crippen molar-refractivity contribution in [1.82, 2.24) is 10.2 Å². The lowest BCUT2D eigenvalue weighted by molar-refractivity contribution is 0.0935. The van der Waals surface area contributed by atoms with Crippen LogP contribution in [0.5, 0.6) is 0 Å². The van der Waals surface area contributed by atoms with Crippen molar-refractivity contribution in [3.05, 3.63) is 29.6 Å². The van der Waals surface area contributed by atoms with Crippen LogP contribution in [0.4, 0.5) is 10.1 Å². The molecule has 0 aliphatic heterocycles. The Morgan fingerprint density at radius 3 is 2.84 bits per heavy atom. The minimum absolute atomic E-state index is 0.0375. The van der Waals surface area contributed by atoms with Crippen LogP contribution in [-0.4, -0.2) is 36.5 Å². The Balaban J connectivity index is 1.89. The molecule has 5 heteroatoms. The van der Waals surface area contributed by atoms with Crippen molar-refractivity contribution in [2.75, 3.05) is 19.3 Å². The largest absolute Gasteiger partial charge is 0.399 e. The topological polar surface area (TPSA) is 58.4 Å². The number of hydrogen-bond donors (Lipinski definition) is 2. The van der Waals surface area contributed by atoms with Crippen LogP contribution < -0.4 is 11.1 Å². The van der Waals surface area contributed by atoms with Crippen molar-refractivity contribution < 1.29 is 9.18 Å². The molecule has 0 saturated heterocycles. The molecule has 0 heterocycles. The van der Waals surface area contributed by atoms with E-state index < -0.39 is 11.7 Å². The van der Waals surface area contributed by atoms with Gasteiger partial charge in [0.2, 0.25) is 0 Å². The van der Waals surface area contributed by atoms with E-state index in [0.717, 1.165) is 6.07 Å². The molecule has 1 atom stereocenters. The predicted molar refractivity (Wildman–Crippen MR) is 73.4 cm³/mol. The Kier molecular flexibility index (Phi) is 4.04. The van der Waals surface area contributed by atoms with Gasteiger partial charge in [0.1, 0.15) is 5.82 Å². The number of anilines is 1. The summed E-state index contributed by atoms with van der Waals surface area (Å²) in [5.74, 6) is -0.978. The van der Waals surface area contributed by atoms with Crippen LogP contribution in [0.2, 0.25) is 0 Å². The molecule has 1 aliphatic carbocycles. The molecular formula is C14H20FN3O. The fourth-order valence-electron chi connectivity index (χ4n) is 2.04. The molecule has 1 aromatic carbocycles. The smallest absolute Gasteiger partial charge is 0.254 e. The Morgan fingerprint density at radius 1 is 1.58 bits per heavy atom. The van der Waals surface area contributed by atoms with Gasteiger partial charge in [0.25, 0.3) is 5.91 Å². The van der Waals surface area contributed by atoms with Crippen molar-refractivity contribution in [2.24, 2.45) is 0 Å². The van der Waals surface area contributed by atoms with Gasteiger partial charge < -0.3 is 11.1 Å². The summed E-state index contributed by atoms with van der Waals surface area (Å²) in [6, 6.07) is 4.98. The fraction of sp³-hybridized carbons (Fsp3) is 0.500. The number of amides is 1. The van der Waals surface area contributed by atoms with Gasteiger partial charge in [-0.15, -0.1) is 0 Å². The van der Waals surface area contributed by atoms with Crippen LogP contribution in [0.1, 0.15) is 30.1 Å². The van der Waals surface area contributed by atoms with Crippen LogP contribution in [-0.2, 0) is 0 Å². The summed E-state index contributed by atoms with van der Waals surface area (Å²) in [4.78, 5) is 14.1. The van der Waals surface area contributed by atoms with E-state index in [1.165, 1.54) is 25.0 Å². The summed E-state index contributed by atoms with van der Waals surface area (Å²) in [5, 5.41) is 2.76. The number of benzene rings is 1. The van der Waals surface area contributed by atoms with E-state index >= 15 is 0 Å². The molecule has 2 rings (SSSR count). The second kappa shape index (κ2) is 5.57. The maximum absolute atomic E-state index is 13.6. The van der Waals surface area contributed by atoms with Crippen LogP contribution in [0.3, 0.4) is 0 Å². The average molecular weight is 265 g/mol. The molecule has 1 aliphatic rings. The highest BCUT2D eigenvalue weighted by Crippen LogP contribution is 2.26. The van der Waals surface area contributed by atoms with Crippen LogP contribution in [0.25, 0.3) is 0 Å². The van der Waals surface area contributed by atoms with Crippen LogP contribution in [0, 0.1) is 5.82 Å². The first kappa shape index (κ1) is 13.8. The van der Waals surface area contributed by atoms with Gasteiger partial charge in [-0.2, -0.15) is 0 Å². The normalized spacial score (nSPS) is 16.4. The molecule has 0 radical (unpaired) electrons. The van der Waals surface area contributed by atoms with Crippen LogP contribution >= 0.6 is 0 Å². The standard InChI is InChI=1S/C14H20FN3O/c1-9(18(2)11-4-5-11)8-17-14(19)12-6-3-10(16)7-13(12)15/h3,6-7,9,11H,4-5,8,16H2,1-2H3,(H,17,19). The van der Waals surface area contributed by atoms with Crippen molar-refractivity contribution >= 4 is 11.6 Å². The van der Waals surface area contributed by atoms with E-state index in [-0.39, 0.29) is 11.6 Å². The van der Waals surface area contributed by atoms with E-state index in [4.69, 9.17) is 5.73 Å². The second-order valence-corrected chi connectivity index (χ2v) is 5.19. The lowest BCUT2D eigenvalue weighted by Gasteiger charge is -2.24. The SMILES string of the molecule is CC(CNC(=O)c1ccc(N)cc1F)N(C)C1CC1. The third-order valence-corrected chi connectivity index (χ3v) is 3.61. The number of carbonyl (C=O) groups excluding carboxylic acids is 1. The van der Waals surface area contributed by atoms with E-state index in [9.17, 15) is 9.18 Å². The zero-order valence-electron chi connectivity index (χ0n) is 11.3. The van der Waals surface area contributed by atoms with Gasteiger partial charge in [-0.3, -0.25) is 9.69 Å². The number of carbonyl (C=O) groups is 1. The minimum Gasteiger partial charge on any atom is -0.399 e. The van der Waals surface area contributed by atoms with Gasteiger partial charge in [-0.1, -0.05) is 0 Å². The number of halogens is 1. The maximum atomic E-state index is 13.6. The first-order valence-corrected chi connectivity index (χ1v) is 6.54. The van der Waals surface area contributed by atoms with Gasteiger partial charge in [0.15, 0.2) is 0 Å². The summed E-state index contributed by atoms with van der Waals surface area (Å²) in [5.41, 5.74) is 5.80. The van der Waals surface area contributed by atoms with E-state index in [1.54, 1.807) is 0 Å². The Bertz CT molecular complexity index is 474. The number of nitrogens with one attached hydrogen (secondary N) is 1. The van der Waals surface area contributed by atoms with Gasteiger partial charge in [0, 0.05) is 24.3 Å².